The second kappa shape index (κ2) is 7.12. The van der Waals surface area contributed by atoms with Gasteiger partial charge in [-0.25, -0.2) is 21.6 Å². The molecule has 1 aromatic heterocycles. The average molecular weight is 460 g/mol. The van der Waals surface area contributed by atoms with Crippen molar-refractivity contribution in [1.29, 1.82) is 0 Å². The maximum atomic E-state index is 14.6. The van der Waals surface area contributed by atoms with Gasteiger partial charge in [0, 0.05) is 21.9 Å². The standard InChI is InChI=1S/C18H13BrF3NO3S/c1-9-3-4-10(5-12(9)19)18-17(15(8-20)26-23-18)11-6-14(22)16(7-13(11)21)27(2,24)25/h3-7H,8H2,1-2H3. The Labute approximate surface area is 162 Å². The number of alkyl halides is 1. The summed E-state index contributed by atoms with van der Waals surface area (Å²) in [5.41, 5.74) is 1.15. The van der Waals surface area contributed by atoms with Gasteiger partial charge in [-0.3, -0.25) is 0 Å². The van der Waals surface area contributed by atoms with Crippen molar-refractivity contribution in [3.05, 3.63) is 57.8 Å². The highest BCUT2D eigenvalue weighted by Gasteiger charge is 2.25. The van der Waals surface area contributed by atoms with Crippen LogP contribution in [0.15, 0.2) is 44.2 Å². The second-order valence-corrected chi connectivity index (χ2v) is 8.80. The number of nitrogens with zero attached hydrogens (tertiary/aromatic N) is 1. The zero-order chi connectivity index (χ0) is 19.9. The zero-order valence-corrected chi connectivity index (χ0v) is 16.6. The lowest BCUT2D eigenvalue weighted by atomic mass is 9.98. The van der Waals surface area contributed by atoms with Crippen molar-refractivity contribution in [2.75, 3.05) is 6.26 Å². The monoisotopic (exact) mass is 459 g/mol. The maximum Gasteiger partial charge on any atom is 0.178 e. The molecular weight excluding hydrogens is 447 g/mol. The number of hydrogen-bond acceptors (Lipinski definition) is 4. The number of sulfone groups is 1. The van der Waals surface area contributed by atoms with Crippen molar-refractivity contribution in [3.8, 4) is 22.4 Å². The van der Waals surface area contributed by atoms with Crippen LogP contribution in [0, 0.1) is 18.6 Å². The molecule has 0 radical (unpaired) electrons. The van der Waals surface area contributed by atoms with Gasteiger partial charge in [0.1, 0.15) is 22.2 Å². The first-order valence-electron chi connectivity index (χ1n) is 7.64. The average Bonchev–Trinajstić information content (AvgIpc) is 3.01. The highest BCUT2D eigenvalue weighted by molar-refractivity contribution is 9.10. The molecule has 27 heavy (non-hydrogen) atoms. The molecule has 0 atom stereocenters. The van der Waals surface area contributed by atoms with Gasteiger partial charge in [-0.05, 0) is 30.7 Å². The van der Waals surface area contributed by atoms with Gasteiger partial charge in [-0.1, -0.05) is 33.2 Å². The van der Waals surface area contributed by atoms with Crippen LogP contribution in [0.25, 0.3) is 22.4 Å². The van der Waals surface area contributed by atoms with E-state index in [4.69, 9.17) is 4.52 Å². The van der Waals surface area contributed by atoms with E-state index < -0.39 is 33.0 Å². The Kier molecular flexibility index (Phi) is 5.18. The third-order valence-corrected chi connectivity index (χ3v) is 5.99. The van der Waals surface area contributed by atoms with Gasteiger partial charge in [-0.15, -0.1) is 0 Å². The number of rotatable bonds is 4. The summed E-state index contributed by atoms with van der Waals surface area (Å²) in [6.45, 7) is 0.772. The van der Waals surface area contributed by atoms with Crippen LogP contribution in [0.3, 0.4) is 0 Å². The van der Waals surface area contributed by atoms with E-state index in [1.165, 1.54) is 0 Å². The summed E-state index contributed by atoms with van der Waals surface area (Å²) in [6, 6.07) is 6.44. The van der Waals surface area contributed by atoms with E-state index in [-0.39, 0.29) is 22.6 Å². The predicted octanol–water partition coefficient (Wildman–Crippen LogP) is 5.23. The van der Waals surface area contributed by atoms with Gasteiger partial charge in [0.05, 0.1) is 5.56 Å². The van der Waals surface area contributed by atoms with E-state index in [0.717, 1.165) is 16.3 Å². The van der Waals surface area contributed by atoms with Gasteiger partial charge in [-0.2, -0.15) is 0 Å². The molecule has 0 spiro atoms. The summed E-state index contributed by atoms with van der Waals surface area (Å²) in [5.74, 6) is -2.45. The third kappa shape index (κ3) is 3.66. The third-order valence-electron chi connectivity index (χ3n) is 4.02. The Balaban J connectivity index is 2.27. The molecule has 1 heterocycles. The van der Waals surface area contributed by atoms with Crippen LogP contribution in [0.2, 0.25) is 0 Å². The smallest absolute Gasteiger partial charge is 0.178 e. The van der Waals surface area contributed by atoms with Crippen molar-refractivity contribution < 1.29 is 26.1 Å². The van der Waals surface area contributed by atoms with Gasteiger partial charge in [0.2, 0.25) is 0 Å². The van der Waals surface area contributed by atoms with Crippen molar-refractivity contribution in [3.63, 3.8) is 0 Å². The summed E-state index contributed by atoms with van der Waals surface area (Å²) in [6.07, 6.45) is 0.770. The summed E-state index contributed by atoms with van der Waals surface area (Å²) in [4.78, 5) is -0.776. The Morgan fingerprint density at radius 2 is 1.85 bits per heavy atom. The molecule has 0 bridgehead atoms. The normalized spacial score (nSPS) is 11.8. The number of halogens is 4. The largest absolute Gasteiger partial charge is 0.357 e. The van der Waals surface area contributed by atoms with Crippen molar-refractivity contribution >= 4 is 25.8 Å². The molecule has 4 nitrogen and oxygen atoms in total. The molecule has 0 N–H and O–H groups in total. The van der Waals surface area contributed by atoms with Crippen LogP contribution in [-0.2, 0) is 16.5 Å². The SMILES string of the molecule is Cc1ccc(-c2noc(CF)c2-c2cc(F)c(S(C)(=O)=O)cc2F)cc1Br. The van der Waals surface area contributed by atoms with Crippen molar-refractivity contribution in [2.45, 2.75) is 18.5 Å². The number of aryl methyl sites for hydroxylation is 1. The lowest BCUT2D eigenvalue weighted by Crippen LogP contribution is -2.03. The highest BCUT2D eigenvalue weighted by Crippen LogP contribution is 2.38. The molecular formula is C18H13BrF3NO3S. The second-order valence-electron chi connectivity index (χ2n) is 5.96. The molecule has 0 aliphatic carbocycles. The van der Waals surface area contributed by atoms with Crippen LogP contribution in [0.1, 0.15) is 11.3 Å². The van der Waals surface area contributed by atoms with E-state index in [1.807, 2.05) is 6.92 Å². The van der Waals surface area contributed by atoms with Gasteiger partial charge in [0.15, 0.2) is 22.3 Å². The van der Waals surface area contributed by atoms with Crippen molar-refractivity contribution in [2.24, 2.45) is 0 Å². The lowest BCUT2D eigenvalue weighted by molar-refractivity contribution is 0.332. The molecule has 0 aliphatic heterocycles. The molecule has 142 valence electrons. The highest BCUT2D eigenvalue weighted by atomic mass is 79.9. The molecule has 9 heteroatoms. The molecule has 3 rings (SSSR count). The topological polar surface area (TPSA) is 60.2 Å². The molecule has 0 fully saturated rings. The van der Waals surface area contributed by atoms with Gasteiger partial charge in [0.25, 0.3) is 0 Å². The van der Waals surface area contributed by atoms with Crippen LogP contribution in [0.4, 0.5) is 13.2 Å². The van der Waals surface area contributed by atoms with Gasteiger partial charge >= 0.3 is 0 Å². The Bertz CT molecular complexity index is 1140. The summed E-state index contributed by atoms with van der Waals surface area (Å²) < 4.78 is 71.2. The first kappa shape index (κ1) is 19.6. The van der Waals surface area contributed by atoms with E-state index in [2.05, 4.69) is 21.1 Å². The number of hydrogen-bond donors (Lipinski definition) is 0. The minimum atomic E-state index is -3.96. The van der Waals surface area contributed by atoms with Crippen LogP contribution >= 0.6 is 15.9 Å². The van der Waals surface area contributed by atoms with Gasteiger partial charge < -0.3 is 4.52 Å². The first-order valence-corrected chi connectivity index (χ1v) is 10.3. The quantitative estimate of drug-likeness (QED) is 0.535. The molecule has 0 saturated carbocycles. The Morgan fingerprint density at radius 3 is 2.44 bits per heavy atom. The fraction of sp³-hybridized carbons (Fsp3) is 0.167. The minimum absolute atomic E-state index is 0.0651. The fourth-order valence-corrected chi connectivity index (χ4v) is 3.74. The van der Waals surface area contributed by atoms with E-state index in [1.54, 1.807) is 18.2 Å². The van der Waals surface area contributed by atoms with Crippen LogP contribution in [-0.4, -0.2) is 19.8 Å². The minimum Gasteiger partial charge on any atom is -0.357 e. The lowest BCUT2D eigenvalue weighted by Gasteiger charge is -2.09. The number of aromatic nitrogens is 1. The summed E-state index contributed by atoms with van der Waals surface area (Å²) >= 11 is 3.37. The summed E-state index contributed by atoms with van der Waals surface area (Å²) in [7, 11) is -3.96. The zero-order valence-electron chi connectivity index (χ0n) is 14.2. The van der Waals surface area contributed by atoms with E-state index in [0.29, 0.717) is 17.7 Å². The van der Waals surface area contributed by atoms with E-state index >= 15 is 0 Å². The number of benzene rings is 2. The molecule has 0 aliphatic rings. The van der Waals surface area contributed by atoms with E-state index in [9.17, 15) is 21.6 Å². The molecule has 0 saturated heterocycles. The Hall–Kier alpha value is -2.13. The van der Waals surface area contributed by atoms with Crippen LogP contribution < -0.4 is 0 Å². The molecule has 0 unspecified atom stereocenters. The Morgan fingerprint density at radius 1 is 1.15 bits per heavy atom. The molecule has 0 amide bonds. The summed E-state index contributed by atoms with van der Waals surface area (Å²) in [5, 5.41) is 3.80. The van der Waals surface area contributed by atoms with Crippen LogP contribution in [0.5, 0.6) is 0 Å². The van der Waals surface area contributed by atoms with Crippen molar-refractivity contribution in [1.82, 2.24) is 5.16 Å². The fourth-order valence-electron chi connectivity index (χ4n) is 2.63. The predicted molar refractivity (Wildman–Crippen MR) is 97.6 cm³/mol. The maximum absolute atomic E-state index is 14.6. The molecule has 3 aromatic rings. The first-order chi connectivity index (χ1) is 12.6. The molecule has 2 aromatic carbocycles.